The zero-order valence-corrected chi connectivity index (χ0v) is 50.3. The SMILES string of the molecule is CCCCCCCC1(CCCCCCC)c2ccccc2-c2ccc(-c3c(C)cc(-n4c5ccc(-c6ccc7c(c6)c6ccccc6n7-c6ccccc6)cc5c5cc(-c6ccc7c(c6)c6ccccc6n7-c6ccccc6)ccc54)cc3C)cc21. The third-order valence-electron chi connectivity index (χ3n) is 19.6. The van der Waals surface area contributed by atoms with Crippen molar-refractivity contribution in [2.24, 2.45) is 0 Å². The van der Waals surface area contributed by atoms with Gasteiger partial charge in [-0.2, -0.15) is 0 Å². The van der Waals surface area contributed by atoms with E-state index in [2.05, 4.69) is 278 Å². The molecule has 15 rings (SSSR count). The molecule has 0 saturated heterocycles. The number of hydrogen-bond acceptors (Lipinski definition) is 0. The molecule has 0 saturated carbocycles. The third kappa shape index (κ3) is 9.00. The Labute approximate surface area is 506 Å². The van der Waals surface area contributed by atoms with Crippen molar-refractivity contribution in [2.45, 2.75) is 110 Å². The van der Waals surface area contributed by atoms with Crippen molar-refractivity contribution >= 4 is 65.4 Å². The average molecular weight is 1110 g/mol. The smallest absolute Gasteiger partial charge is 0.0541 e. The van der Waals surface area contributed by atoms with Crippen molar-refractivity contribution in [1.82, 2.24) is 13.7 Å². The molecule has 1 aliphatic carbocycles. The molecule has 0 N–H and O–H groups in total. The maximum atomic E-state index is 2.64. The molecule has 0 radical (unpaired) electrons. The summed E-state index contributed by atoms with van der Waals surface area (Å²) in [7, 11) is 0. The van der Waals surface area contributed by atoms with Crippen LogP contribution in [0.4, 0.5) is 0 Å². The Bertz CT molecular complexity index is 4620. The minimum Gasteiger partial charge on any atom is -0.309 e. The molecular formula is C83H75N3. The van der Waals surface area contributed by atoms with Gasteiger partial charge in [-0.15, -0.1) is 0 Å². The van der Waals surface area contributed by atoms with E-state index in [-0.39, 0.29) is 5.41 Å². The van der Waals surface area contributed by atoms with Crippen molar-refractivity contribution in [1.29, 1.82) is 0 Å². The Hall–Kier alpha value is -9.18. The Morgan fingerprint density at radius 3 is 1.13 bits per heavy atom. The second-order valence-corrected chi connectivity index (χ2v) is 24.8. The monoisotopic (exact) mass is 1110 g/mol. The van der Waals surface area contributed by atoms with Crippen molar-refractivity contribution in [3.8, 4) is 61.6 Å². The van der Waals surface area contributed by atoms with Gasteiger partial charge in [0.2, 0.25) is 0 Å². The number of para-hydroxylation sites is 4. The molecule has 14 aromatic rings. The number of rotatable bonds is 18. The number of hydrogen-bond donors (Lipinski definition) is 0. The van der Waals surface area contributed by atoms with Gasteiger partial charge in [-0.25, -0.2) is 0 Å². The lowest BCUT2D eigenvalue weighted by Crippen LogP contribution is -2.25. The third-order valence-corrected chi connectivity index (χ3v) is 19.6. The molecule has 0 fully saturated rings. The van der Waals surface area contributed by atoms with Crippen LogP contribution in [0, 0.1) is 13.8 Å². The fourth-order valence-electron chi connectivity index (χ4n) is 15.5. The fourth-order valence-corrected chi connectivity index (χ4v) is 15.5. The molecule has 0 amide bonds. The first-order chi connectivity index (χ1) is 42.4. The summed E-state index contributed by atoms with van der Waals surface area (Å²) in [4.78, 5) is 0. The van der Waals surface area contributed by atoms with Crippen LogP contribution in [-0.2, 0) is 5.41 Å². The predicted molar refractivity (Wildman–Crippen MR) is 368 cm³/mol. The lowest BCUT2D eigenvalue weighted by molar-refractivity contribution is 0.399. The van der Waals surface area contributed by atoms with Crippen LogP contribution in [0.5, 0.6) is 0 Å². The van der Waals surface area contributed by atoms with Crippen LogP contribution < -0.4 is 0 Å². The van der Waals surface area contributed by atoms with Crippen LogP contribution in [0.15, 0.2) is 237 Å². The van der Waals surface area contributed by atoms with Gasteiger partial charge >= 0.3 is 0 Å². The van der Waals surface area contributed by atoms with Crippen molar-refractivity contribution < 1.29 is 0 Å². The molecule has 3 heteroatoms. The molecule has 0 unspecified atom stereocenters. The number of nitrogens with zero attached hydrogens (tertiary/aromatic N) is 3. The highest BCUT2D eigenvalue weighted by Gasteiger charge is 2.42. The first-order valence-corrected chi connectivity index (χ1v) is 32.0. The Balaban J connectivity index is 0.873. The second-order valence-electron chi connectivity index (χ2n) is 24.8. The van der Waals surface area contributed by atoms with Crippen LogP contribution in [0.25, 0.3) is 127 Å². The lowest BCUT2D eigenvalue weighted by atomic mass is 9.70. The van der Waals surface area contributed by atoms with Gasteiger partial charge in [-0.3, -0.25) is 0 Å². The molecule has 11 aromatic carbocycles. The van der Waals surface area contributed by atoms with Crippen LogP contribution in [0.3, 0.4) is 0 Å². The highest BCUT2D eigenvalue weighted by Crippen LogP contribution is 2.55. The average Bonchev–Trinajstić information content (AvgIpc) is 2.14. The molecule has 422 valence electrons. The second kappa shape index (κ2) is 22.3. The molecule has 0 spiro atoms. The van der Waals surface area contributed by atoms with Crippen LogP contribution in [0.1, 0.15) is 113 Å². The first kappa shape index (κ1) is 53.5. The van der Waals surface area contributed by atoms with Crippen LogP contribution >= 0.6 is 0 Å². The van der Waals surface area contributed by atoms with E-state index < -0.39 is 0 Å². The van der Waals surface area contributed by atoms with E-state index in [1.807, 2.05) is 0 Å². The summed E-state index contributed by atoms with van der Waals surface area (Å²) in [5, 5.41) is 7.51. The number of benzene rings is 11. The van der Waals surface area contributed by atoms with Gasteiger partial charge in [0.05, 0.1) is 33.1 Å². The molecule has 0 atom stereocenters. The summed E-state index contributed by atoms with van der Waals surface area (Å²) < 4.78 is 7.35. The normalized spacial score (nSPS) is 12.8. The number of aryl methyl sites for hydroxylation is 2. The summed E-state index contributed by atoms with van der Waals surface area (Å²) in [5.41, 5.74) is 26.9. The van der Waals surface area contributed by atoms with E-state index in [1.165, 1.54) is 215 Å². The molecule has 0 aliphatic heterocycles. The minimum absolute atomic E-state index is 0.0301. The number of unbranched alkanes of at least 4 members (excludes halogenated alkanes) is 8. The Morgan fingerprint density at radius 1 is 0.279 bits per heavy atom. The van der Waals surface area contributed by atoms with Gasteiger partial charge in [0, 0.05) is 54.8 Å². The Kier molecular flexibility index (Phi) is 13.9. The zero-order chi connectivity index (χ0) is 57.9. The lowest BCUT2D eigenvalue weighted by Gasteiger charge is -2.33. The highest BCUT2D eigenvalue weighted by atomic mass is 15.0. The van der Waals surface area contributed by atoms with E-state index in [0.29, 0.717) is 0 Å². The number of aromatic nitrogens is 3. The van der Waals surface area contributed by atoms with E-state index in [9.17, 15) is 0 Å². The van der Waals surface area contributed by atoms with E-state index >= 15 is 0 Å². The van der Waals surface area contributed by atoms with Gasteiger partial charge in [-0.1, -0.05) is 212 Å². The molecular weight excluding hydrogens is 1040 g/mol. The summed E-state index contributed by atoms with van der Waals surface area (Å²) in [6, 6.07) is 89.7. The summed E-state index contributed by atoms with van der Waals surface area (Å²) in [5.74, 6) is 0. The largest absolute Gasteiger partial charge is 0.309 e. The maximum absolute atomic E-state index is 2.64. The van der Waals surface area contributed by atoms with E-state index in [1.54, 1.807) is 11.1 Å². The highest BCUT2D eigenvalue weighted by molar-refractivity contribution is 6.15. The summed E-state index contributed by atoms with van der Waals surface area (Å²) in [6.07, 6.45) is 15.4. The molecule has 1 aliphatic rings. The molecule has 86 heavy (non-hydrogen) atoms. The Morgan fingerprint density at radius 2 is 0.651 bits per heavy atom. The molecule has 3 heterocycles. The van der Waals surface area contributed by atoms with Gasteiger partial charge in [0.1, 0.15) is 0 Å². The maximum Gasteiger partial charge on any atom is 0.0541 e. The van der Waals surface area contributed by atoms with Gasteiger partial charge < -0.3 is 13.7 Å². The topological polar surface area (TPSA) is 14.8 Å². The van der Waals surface area contributed by atoms with Gasteiger partial charge in [-0.05, 0) is 197 Å². The van der Waals surface area contributed by atoms with Gasteiger partial charge in [0.15, 0.2) is 0 Å². The zero-order valence-electron chi connectivity index (χ0n) is 50.3. The molecule has 3 aromatic heterocycles. The molecule has 3 nitrogen and oxygen atoms in total. The van der Waals surface area contributed by atoms with E-state index in [4.69, 9.17) is 0 Å². The van der Waals surface area contributed by atoms with Crippen molar-refractivity contribution in [3.63, 3.8) is 0 Å². The number of fused-ring (bicyclic) bond motifs is 12. The minimum atomic E-state index is 0.0301. The first-order valence-electron chi connectivity index (χ1n) is 32.0. The van der Waals surface area contributed by atoms with Crippen LogP contribution in [-0.4, -0.2) is 13.7 Å². The molecule has 0 bridgehead atoms. The predicted octanol–water partition coefficient (Wildman–Crippen LogP) is 23.6. The standard InChI is InChI=1S/C83H75N3/c1-5-7-9-11-25-47-83(48-26-12-10-8-6-2)74-34-22-19-31-66(74)67-42-37-62(55-75(67)83)82-56(3)49-65(50-57(82)4)86-80-45-40-60(58-38-43-78-70(51-58)68-32-20-23-35-76(68)84(78)63-27-15-13-16-28-63)53-72(80)73-54-61(41-46-81(73)86)59-39-44-79-71(52-59)69-33-21-24-36-77(69)85(79)64-29-17-14-18-30-64/h13-24,27-46,49-55H,5-12,25-26,47-48H2,1-4H3. The quantitative estimate of drug-likeness (QED) is 0.0761. The fraction of sp³-hybridized carbons (Fsp3) is 0.205. The van der Waals surface area contributed by atoms with Crippen molar-refractivity contribution in [2.75, 3.05) is 0 Å². The summed E-state index contributed by atoms with van der Waals surface area (Å²) >= 11 is 0. The van der Waals surface area contributed by atoms with Crippen LogP contribution in [0.2, 0.25) is 0 Å². The van der Waals surface area contributed by atoms with Gasteiger partial charge in [0.25, 0.3) is 0 Å². The summed E-state index contributed by atoms with van der Waals surface area (Å²) in [6.45, 7) is 9.36. The van der Waals surface area contributed by atoms with E-state index in [0.717, 1.165) is 0 Å². The van der Waals surface area contributed by atoms with Crippen molar-refractivity contribution in [3.05, 3.63) is 259 Å².